The molecule has 2 N–H and O–H groups in total. The molecule has 0 saturated heterocycles. The molecule has 2 rings (SSSR count). The second-order valence-corrected chi connectivity index (χ2v) is 5.02. The standard InChI is InChI=1S/C17H16N4O5/c1-26-15-5-3-2-4-14(15)17(23)18-11-16(22)20-19-10-12-6-8-13(9-7-12)21(24)25/h2-10H,11H2,1H3,(H,18,23)(H,20,22)/b19-10+. The minimum atomic E-state index is -0.522. The lowest BCUT2D eigenvalue weighted by molar-refractivity contribution is -0.384. The second-order valence-electron chi connectivity index (χ2n) is 5.02. The minimum absolute atomic E-state index is 0.0368. The molecule has 0 aliphatic heterocycles. The van der Waals surface area contributed by atoms with Gasteiger partial charge in [0.1, 0.15) is 5.75 Å². The van der Waals surface area contributed by atoms with Crippen LogP contribution in [0.4, 0.5) is 5.69 Å². The zero-order chi connectivity index (χ0) is 18.9. The van der Waals surface area contributed by atoms with E-state index in [9.17, 15) is 19.7 Å². The Kier molecular flexibility index (Phi) is 6.38. The lowest BCUT2D eigenvalue weighted by Gasteiger charge is -2.08. The Hall–Kier alpha value is -3.75. The van der Waals surface area contributed by atoms with Crippen LogP contribution in [0, 0.1) is 10.1 Å². The van der Waals surface area contributed by atoms with Gasteiger partial charge >= 0.3 is 0 Å². The molecule has 9 nitrogen and oxygen atoms in total. The molecule has 0 aromatic heterocycles. The number of benzene rings is 2. The Morgan fingerprint density at radius 1 is 1.19 bits per heavy atom. The van der Waals surface area contributed by atoms with Gasteiger partial charge in [0.05, 0.1) is 30.4 Å². The Morgan fingerprint density at radius 3 is 2.54 bits per heavy atom. The number of nitro benzene ring substituents is 1. The summed E-state index contributed by atoms with van der Waals surface area (Å²) in [5.74, 6) is -0.565. The third kappa shape index (κ3) is 5.13. The molecule has 2 aromatic carbocycles. The quantitative estimate of drug-likeness (QED) is 0.442. The molecule has 0 radical (unpaired) electrons. The topological polar surface area (TPSA) is 123 Å². The van der Waals surface area contributed by atoms with E-state index in [1.807, 2.05) is 0 Å². The van der Waals surface area contributed by atoms with Gasteiger partial charge in [0.25, 0.3) is 17.5 Å². The number of nitro groups is 1. The molecule has 0 heterocycles. The smallest absolute Gasteiger partial charge is 0.269 e. The van der Waals surface area contributed by atoms with Crippen molar-refractivity contribution >= 4 is 23.7 Å². The maximum Gasteiger partial charge on any atom is 0.269 e. The van der Waals surface area contributed by atoms with Gasteiger partial charge in [0.15, 0.2) is 0 Å². The third-order valence-corrected chi connectivity index (χ3v) is 3.27. The van der Waals surface area contributed by atoms with Gasteiger partial charge < -0.3 is 10.1 Å². The van der Waals surface area contributed by atoms with Crippen LogP contribution in [-0.4, -0.2) is 36.6 Å². The van der Waals surface area contributed by atoms with Crippen molar-refractivity contribution in [1.82, 2.24) is 10.7 Å². The van der Waals surface area contributed by atoms with Crippen LogP contribution >= 0.6 is 0 Å². The van der Waals surface area contributed by atoms with Crippen LogP contribution in [0.2, 0.25) is 0 Å². The Morgan fingerprint density at radius 2 is 1.88 bits per heavy atom. The first-order valence-electron chi connectivity index (χ1n) is 7.49. The Balaban J connectivity index is 1.83. The highest BCUT2D eigenvalue weighted by atomic mass is 16.6. The van der Waals surface area contributed by atoms with E-state index in [4.69, 9.17) is 4.74 Å². The predicted octanol–water partition coefficient (Wildman–Crippen LogP) is 1.48. The summed E-state index contributed by atoms with van der Waals surface area (Å²) in [6.07, 6.45) is 1.34. The number of carbonyl (C=O) groups is 2. The van der Waals surface area contributed by atoms with Crippen LogP contribution in [0.3, 0.4) is 0 Å². The zero-order valence-electron chi connectivity index (χ0n) is 13.8. The van der Waals surface area contributed by atoms with Gasteiger partial charge in [-0.25, -0.2) is 5.43 Å². The van der Waals surface area contributed by atoms with Crippen LogP contribution in [-0.2, 0) is 4.79 Å². The first-order chi connectivity index (χ1) is 12.5. The van der Waals surface area contributed by atoms with Crippen LogP contribution < -0.4 is 15.5 Å². The summed E-state index contributed by atoms with van der Waals surface area (Å²) >= 11 is 0. The summed E-state index contributed by atoms with van der Waals surface area (Å²) in [5, 5.41) is 16.8. The summed E-state index contributed by atoms with van der Waals surface area (Å²) in [6, 6.07) is 12.3. The van der Waals surface area contributed by atoms with Gasteiger partial charge in [-0.15, -0.1) is 0 Å². The fourth-order valence-corrected chi connectivity index (χ4v) is 1.99. The van der Waals surface area contributed by atoms with Gasteiger partial charge in [-0.3, -0.25) is 19.7 Å². The van der Waals surface area contributed by atoms with Crippen molar-refractivity contribution in [3.8, 4) is 5.75 Å². The normalized spacial score (nSPS) is 10.3. The predicted molar refractivity (Wildman–Crippen MR) is 94.2 cm³/mol. The molecule has 9 heteroatoms. The molecular formula is C17H16N4O5. The fraction of sp³-hybridized carbons (Fsp3) is 0.118. The highest BCUT2D eigenvalue weighted by Crippen LogP contribution is 2.16. The Labute approximate surface area is 148 Å². The van der Waals surface area contributed by atoms with Gasteiger partial charge in [-0.1, -0.05) is 12.1 Å². The number of amides is 2. The molecule has 0 bridgehead atoms. The average molecular weight is 356 g/mol. The highest BCUT2D eigenvalue weighted by molar-refractivity contribution is 5.98. The molecule has 0 fully saturated rings. The molecule has 2 aromatic rings. The second kappa shape index (κ2) is 8.92. The van der Waals surface area contributed by atoms with Crippen molar-refractivity contribution in [2.24, 2.45) is 5.10 Å². The van der Waals surface area contributed by atoms with Crippen molar-refractivity contribution in [3.63, 3.8) is 0 Å². The first kappa shape index (κ1) is 18.6. The zero-order valence-corrected chi connectivity index (χ0v) is 13.8. The number of rotatable bonds is 7. The van der Waals surface area contributed by atoms with Crippen molar-refractivity contribution in [2.45, 2.75) is 0 Å². The molecule has 0 saturated carbocycles. The number of nitrogens with zero attached hydrogens (tertiary/aromatic N) is 2. The summed E-state index contributed by atoms with van der Waals surface area (Å²) in [5.41, 5.74) is 3.11. The first-order valence-corrected chi connectivity index (χ1v) is 7.49. The number of hydrogen-bond donors (Lipinski definition) is 2. The third-order valence-electron chi connectivity index (χ3n) is 3.27. The number of hydrogen-bond acceptors (Lipinski definition) is 6. The SMILES string of the molecule is COc1ccccc1C(=O)NCC(=O)N/N=C/c1ccc([N+](=O)[O-])cc1. The van der Waals surface area contributed by atoms with E-state index in [0.717, 1.165) is 0 Å². The maximum absolute atomic E-state index is 12.0. The number of ether oxygens (including phenoxy) is 1. The molecule has 2 amide bonds. The van der Waals surface area contributed by atoms with E-state index in [1.54, 1.807) is 24.3 Å². The summed E-state index contributed by atoms with van der Waals surface area (Å²) in [4.78, 5) is 33.8. The van der Waals surface area contributed by atoms with Crippen molar-refractivity contribution in [1.29, 1.82) is 0 Å². The van der Waals surface area contributed by atoms with E-state index >= 15 is 0 Å². The van der Waals surface area contributed by atoms with E-state index < -0.39 is 16.7 Å². The van der Waals surface area contributed by atoms with E-state index in [1.165, 1.54) is 37.6 Å². The summed E-state index contributed by atoms with van der Waals surface area (Å²) in [6.45, 7) is -0.269. The van der Waals surface area contributed by atoms with E-state index in [2.05, 4.69) is 15.8 Å². The lowest BCUT2D eigenvalue weighted by Crippen LogP contribution is -2.35. The van der Waals surface area contributed by atoms with E-state index in [-0.39, 0.29) is 12.2 Å². The number of methoxy groups -OCH3 is 1. The summed E-state index contributed by atoms with van der Waals surface area (Å²) in [7, 11) is 1.45. The van der Waals surface area contributed by atoms with Crippen molar-refractivity contribution in [3.05, 3.63) is 69.8 Å². The molecular weight excluding hydrogens is 340 g/mol. The van der Waals surface area contributed by atoms with Gasteiger partial charge in [0, 0.05) is 12.1 Å². The van der Waals surface area contributed by atoms with Crippen LogP contribution in [0.15, 0.2) is 53.6 Å². The minimum Gasteiger partial charge on any atom is -0.496 e. The highest BCUT2D eigenvalue weighted by Gasteiger charge is 2.12. The molecule has 0 aliphatic carbocycles. The molecule has 0 unspecified atom stereocenters. The van der Waals surface area contributed by atoms with Gasteiger partial charge in [-0.05, 0) is 29.8 Å². The van der Waals surface area contributed by atoms with Crippen LogP contribution in [0.25, 0.3) is 0 Å². The van der Waals surface area contributed by atoms with Crippen molar-refractivity contribution in [2.75, 3.05) is 13.7 Å². The van der Waals surface area contributed by atoms with Crippen LogP contribution in [0.1, 0.15) is 15.9 Å². The van der Waals surface area contributed by atoms with Crippen molar-refractivity contribution < 1.29 is 19.2 Å². The lowest BCUT2D eigenvalue weighted by atomic mass is 10.2. The average Bonchev–Trinajstić information content (AvgIpc) is 2.66. The monoisotopic (exact) mass is 356 g/mol. The number of carbonyl (C=O) groups excluding carboxylic acids is 2. The molecule has 0 aliphatic rings. The fourth-order valence-electron chi connectivity index (χ4n) is 1.99. The summed E-state index contributed by atoms with van der Waals surface area (Å²) < 4.78 is 5.08. The van der Waals surface area contributed by atoms with Gasteiger partial charge in [0.2, 0.25) is 0 Å². The molecule has 134 valence electrons. The molecule has 0 spiro atoms. The molecule has 0 atom stereocenters. The largest absolute Gasteiger partial charge is 0.496 e. The van der Waals surface area contributed by atoms with Gasteiger partial charge in [-0.2, -0.15) is 5.10 Å². The number of para-hydroxylation sites is 1. The van der Waals surface area contributed by atoms with Crippen LogP contribution in [0.5, 0.6) is 5.75 Å². The molecule has 26 heavy (non-hydrogen) atoms. The van der Waals surface area contributed by atoms with E-state index in [0.29, 0.717) is 16.9 Å². The Bertz CT molecular complexity index is 833. The number of nitrogens with one attached hydrogen (secondary N) is 2. The maximum atomic E-state index is 12.0. The number of hydrazone groups is 1. The number of non-ortho nitro benzene ring substituents is 1.